The van der Waals surface area contributed by atoms with Crippen LogP contribution in [0.5, 0.6) is 0 Å². The van der Waals surface area contributed by atoms with Gasteiger partial charge in [0.25, 0.3) is 0 Å². The average Bonchev–Trinajstić information content (AvgIpc) is 2.61. The van der Waals surface area contributed by atoms with Crippen LogP contribution >= 0.6 is 23.8 Å². The zero-order valence-electron chi connectivity index (χ0n) is 16.2. The second-order valence-corrected chi connectivity index (χ2v) is 7.68. The van der Waals surface area contributed by atoms with Crippen molar-refractivity contribution in [3.8, 4) is 0 Å². The first kappa shape index (κ1) is 21.2. The van der Waals surface area contributed by atoms with Crippen LogP contribution in [0.3, 0.4) is 0 Å². The van der Waals surface area contributed by atoms with Crippen molar-refractivity contribution in [2.24, 2.45) is 5.92 Å². The van der Waals surface area contributed by atoms with Crippen LogP contribution < -0.4 is 10.6 Å². The molecule has 0 aliphatic rings. The number of nitrogens with one attached hydrogen (secondary N) is 2. The summed E-state index contributed by atoms with van der Waals surface area (Å²) in [6, 6.07) is 11.5. The van der Waals surface area contributed by atoms with Crippen LogP contribution in [0.15, 0.2) is 36.4 Å². The standard InChI is InChI=1S/C21H25ClN2O2S/c1-12(2)19(16-8-6-13(3)10-14(16)4)24-21(27)23-15-7-9-18(22)17(11-15)20(25)26-5/h6-12,19H,1-5H3,(H2,23,24,27). The van der Waals surface area contributed by atoms with Crippen LogP contribution in [-0.2, 0) is 4.74 Å². The highest BCUT2D eigenvalue weighted by atomic mass is 35.5. The fourth-order valence-corrected chi connectivity index (χ4v) is 3.40. The molecule has 1 atom stereocenters. The summed E-state index contributed by atoms with van der Waals surface area (Å²) in [5.74, 6) is -0.153. The molecule has 0 heterocycles. The molecule has 0 amide bonds. The fourth-order valence-electron chi connectivity index (χ4n) is 2.96. The normalized spacial score (nSPS) is 11.8. The zero-order valence-corrected chi connectivity index (χ0v) is 17.8. The molecule has 4 nitrogen and oxygen atoms in total. The molecule has 0 aliphatic carbocycles. The van der Waals surface area contributed by atoms with E-state index >= 15 is 0 Å². The predicted octanol–water partition coefficient (Wildman–Crippen LogP) is 5.43. The number of aryl methyl sites for hydroxylation is 2. The summed E-state index contributed by atoms with van der Waals surface area (Å²) in [5.41, 5.74) is 4.63. The Bertz CT molecular complexity index is 852. The average molecular weight is 405 g/mol. The molecule has 2 aromatic carbocycles. The number of rotatable bonds is 5. The molecule has 27 heavy (non-hydrogen) atoms. The molecule has 2 aromatic rings. The largest absolute Gasteiger partial charge is 0.465 e. The number of methoxy groups -OCH3 is 1. The number of carbonyl (C=O) groups is 1. The van der Waals surface area contributed by atoms with E-state index in [2.05, 4.69) is 56.5 Å². The molecule has 6 heteroatoms. The minimum Gasteiger partial charge on any atom is -0.465 e. The van der Waals surface area contributed by atoms with Gasteiger partial charge in [0.05, 0.1) is 23.7 Å². The SMILES string of the molecule is COC(=O)c1cc(NC(=S)NC(c2ccc(C)cc2C)C(C)C)ccc1Cl. The summed E-state index contributed by atoms with van der Waals surface area (Å²) in [4.78, 5) is 11.8. The lowest BCUT2D eigenvalue weighted by Crippen LogP contribution is -2.35. The van der Waals surface area contributed by atoms with Crippen molar-refractivity contribution in [2.45, 2.75) is 33.7 Å². The molecule has 2 rings (SSSR count). The van der Waals surface area contributed by atoms with Crippen LogP contribution in [0.2, 0.25) is 5.02 Å². The Morgan fingerprint density at radius 3 is 2.44 bits per heavy atom. The minimum absolute atomic E-state index is 0.0676. The van der Waals surface area contributed by atoms with Crippen molar-refractivity contribution in [1.82, 2.24) is 5.32 Å². The lowest BCUT2D eigenvalue weighted by atomic mass is 9.92. The minimum atomic E-state index is -0.488. The number of benzene rings is 2. The van der Waals surface area contributed by atoms with Gasteiger partial charge in [-0.3, -0.25) is 0 Å². The topological polar surface area (TPSA) is 50.4 Å². The number of ether oxygens (including phenoxy) is 1. The van der Waals surface area contributed by atoms with Gasteiger partial charge >= 0.3 is 5.97 Å². The first-order valence-corrected chi connectivity index (χ1v) is 9.54. The van der Waals surface area contributed by atoms with Crippen LogP contribution in [0, 0.1) is 19.8 Å². The molecule has 1 unspecified atom stereocenters. The maximum atomic E-state index is 11.8. The Kier molecular flexibility index (Phi) is 7.22. The van der Waals surface area contributed by atoms with E-state index in [1.54, 1.807) is 18.2 Å². The van der Waals surface area contributed by atoms with Crippen molar-refractivity contribution in [1.29, 1.82) is 0 Å². The quantitative estimate of drug-likeness (QED) is 0.514. The molecular formula is C21H25ClN2O2S. The number of thiocarbonyl (C=S) groups is 1. The highest BCUT2D eigenvalue weighted by molar-refractivity contribution is 7.80. The highest BCUT2D eigenvalue weighted by Crippen LogP contribution is 2.26. The Balaban J connectivity index is 2.18. The lowest BCUT2D eigenvalue weighted by Gasteiger charge is -2.26. The van der Waals surface area contributed by atoms with Gasteiger partial charge in [-0.2, -0.15) is 0 Å². The van der Waals surface area contributed by atoms with E-state index in [-0.39, 0.29) is 6.04 Å². The van der Waals surface area contributed by atoms with Gasteiger partial charge < -0.3 is 15.4 Å². The van der Waals surface area contributed by atoms with Gasteiger partial charge in [0.1, 0.15) is 0 Å². The van der Waals surface area contributed by atoms with Gasteiger partial charge in [0, 0.05) is 5.69 Å². The molecule has 0 bridgehead atoms. The molecule has 0 fully saturated rings. The second-order valence-electron chi connectivity index (χ2n) is 6.87. The van der Waals surface area contributed by atoms with Crippen molar-refractivity contribution in [3.63, 3.8) is 0 Å². The maximum Gasteiger partial charge on any atom is 0.339 e. The van der Waals surface area contributed by atoms with E-state index < -0.39 is 5.97 Å². The van der Waals surface area contributed by atoms with E-state index in [9.17, 15) is 4.79 Å². The third-order valence-corrected chi connectivity index (χ3v) is 4.89. The molecule has 0 saturated heterocycles. The fraction of sp³-hybridized carbons (Fsp3) is 0.333. The van der Waals surface area contributed by atoms with Gasteiger partial charge in [-0.05, 0) is 61.3 Å². The predicted molar refractivity (Wildman–Crippen MR) is 116 cm³/mol. The third kappa shape index (κ3) is 5.44. The van der Waals surface area contributed by atoms with Crippen LogP contribution in [0.25, 0.3) is 0 Å². The summed E-state index contributed by atoms with van der Waals surface area (Å²) in [6.45, 7) is 8.49. The Morgan fingerprint density at radius 2 is 1.85 bits per heavy atom. The first-order valence-electron chi connectivity index (χ1n) is 8.75. The van der Waals surface area contributed by atoms with E-state index in [1.807, 2.05) is 0 Å². The van der Waals surface area contributed by atoms with E-state index in [0.717, 1.165) is 0 Å². The van der Waals surface area contributed by atoms with E-state index in [1.165, 1.54) is 23.8 Å². The molecule has 0 aromatic heterocycles. The zero-order chi connectivity index (χ0) is 20.1. The lowest BCUT2D eigenvalue weighted by molar-refractivity contribution is 0.0601. The summed E-state index contributed by atoms with van der Waals surface area (Å²) < 4.78 is 4.75. The van der Waals surface area contributed by atoms with Crippen molar-refractivity contribution >= 4 is 40.6 Å². The number of carbonyl (C=O) groups excluding carboxylic acids is 1. The van der Waals surface area contributed by atoms with Gasteiger partial charge in [0.15, 0.2) is 5.11 Å². The summed E-state index contributed by atoms with van der Waals surface area (Å²) in [7, 11) is 1.32. The molecule has 0 spiro atoms. The van der Waals surface area contributed by atoms with E-state index in [4.69, 9.17) is 28.6 Å². The highest BCUT2D eigenvalue weighted by Gasteiger charge is 2.19. The number of hydrogen-bond acceptors (Lipinski definition) is 3. The third-order valence-electron chi connectivity index (χ3n) is 4.34. The molecule has 144 valence electrons. The Labute approximate surface area is 171 Å². The summed E-state index contributed by atoms with van der Waals surface area (Å²) in [5, 5.41) is 7.33. The van der Waals surface area contributed by atoms with Gasteiger partial charge in [-0.15, -0.1) is 0 Å². The Morgan fingerprint density at radius 1 is 1.15 bits per heavy atom. The summed E-state index contributed by atoms with van der Waals surface area (Å²) >= 11 is 11.6. The molecule has 0 saturated carbocycles. The molecule has 0 aliphatic heterocycles. The summed E-state index contributed by atoms with van der Waals surface area (Å²) in [6.07, 6.45) is 0. The molecule has 2 N–H and O–H groups in total. The number of halogens is 1. The number of hydrogen-bond donors (Lipinski definition) is 2. The smallest absolute Gasteiger partial charge is 0.339 e. The van der Waals surface area contributed by atoms with Crippen molar-refractivity contribution in [2.75, 3.05) is 12.4 Å². The molecule has 0 radical (unpaired) electrons. The maximum absolute atomic E-state index is 11.8. The van der Waals surface area contributed by atoms with Crippen LogP contribution in [-0.4, -0.2) is 18.2 Å². The number of anilines is 1. The molecular weight excluding hydrogens is 380 g/mol. The first-order chi connectivity index (χ1) is 12.7. The second kappa shape index (κ2) is 9.20. The van der Waals surface area contributed by atoms with Gasteiger partial charge in [-0.1, -0.05) is 49.2 Å². The Hall–Kier alpha value is -2.11. The van der Waals surface area contributed by atoms with Crippen LogP contribution in [0.1, 0.15) is 46.9 Å². The van der Waals surface area contributed by atoms with Crippen LogP contribution in [0.4, 0.5) is 5.69 Å². The van der Waals surface area contributed by atoms with E-state index in [0.29, 0.717) is 27.3 Å². The van der Waals surface area contributed by atoms with Crippen molar-refractivity contribution < 1.29 is 9.53 Å². The van der Waals surface area contributed by atoms with Gasteiger partial charge in [0.2, 0.25) is 0 Å². The monoisotopic (exact) mass is 404 g/mol. The number of esters is 1. The van der Waals surface area contributed by atoms with Gasteiger partial charge in [-0.25, -0.2) is 4.79 Å². The van der Waals surface area contributed by atoms with Crippen molar-refractivity contribution in [3.05, 3.63) is 63.7 Å².